The number of hydrogen-bond donors (Lipinski definition) is 1. The van der Waals surface area contributed by atoms with Crippen LogP contribution in [-0.4, -0.2) is 49.5 Å². The lowest BCUT2D eigenvalue weighted by atomic mass is 10.2. The molecule has 0 radical (unpaired) electrons. The summed E-state index contributed by atoms with van der Waals surface area (Å²) in [6, 6.07) is 0. The van der Waals surface area contributed by atoms with Crippen LogP contribution in [0.2, 0.25) is 0 Å². The van der Waals surface area contributed by atoms with Gasteiger partial charge in [-0.2, -0.15) is 5.10 Å². The molecule has 0 bridgehead atoms. The Bertz CT molecular complexity index is 377. The van der Waals surface area contributed by atoms with E-state index in [0.717, 1.165) is 6.42 Å². The molecule has 0 amide bonds. The maximum atomic E-state index is 12.1. The van der Waals surface area contributed by atoms with Gasteiger partial charge in [-0.1, -0.05) is 6.92 Å². The molecule has 1 rings (SSSR count). The highest BCUT2D eigenvalue weighted by Crippen LogP contribution is 2.18. The van der Waals surface area contributed by atoms with E-state index in [0.29, 0.717) is 31.1 Å². The summed E-state index contributed by atoms with van der Waals surface area (Å²) >= 11 is 0. The number of aromatic nitrogens is 2. The quantitative estimate of drug-likeness (QED) is 0.520. The fourth-order valence-corrected chi connectivity index (χ4v) is 1.64. The van der Waals surface area contributed by atoms with Gasteiger partial charge in [0, 0.05) is 20.2 Å². The number of ether oxygens (including phenoxy) is 2. The van der Waals surface area contributed by atoms with Crippen LogP contribution in [-0.2, 0) is 11.3 Å². The molecule has 0 aliphatic rings. The zero-order chi connectivity index (χ0) is 13.4. The minimum absolute atomic E-state index is 0.0195. The molecule has 0 aliphatic carbocycles. The molecular formula is C12H21N3O3. The Hall–Kier alpha value is -1.40. The van der Waals surface area contributed by atoms with Gasteiger partial charge in [-0.25, -0.2) is 0 Å². The Balaban J connectivity index is 2.67. The Morgan fingerprint density at radius 3 is 2.89 bits per heavy atom. The molecule has 102 valence electrons. The topological polar surface area (TPSA) is 65.4 Å². The van der Waals surface area contributed by atoms with Crippen molar-refractivity contribution < 1.29 is 14.3 Å². The monoisotopic (exact) mass is 255 g/mol. The zero-order valence-electron chi connectivity index (χ0n) is 11.2. The zero-order valence-corrected chi connectivity index (χ0v) is 11.2. The predicted molar refractivity (Wildman–Crippen MR) is 68.1 cm³/mol. The third-order valence-corrected chi connectivity index (χ3v) is 2.49. The van der Waals surface area contributed by atoms with Crippen molar-refractivity contribution in [2.75, 3.05) is 33.9 Å². The number of ketones is 1. The molecule has 0 saturated carbocycles. The molecule has 0 fully saturated rings. The largest absolute Gasteiger partial charge is 0.493 e. The van der Waals surface area contributed by atoms with Gasteiger partial charge in [0.25, 0.3) is 0 Å². The fourth-order valence-electron chi connectivity index (χ4n) is 1.64. The van der Waals surface area contributed by atoms with Crippen molar-refractivity contribution in [3.8, 4) is 5.75 Å². The molecule has 1 aromatic heterocycles. The van der Waals surface area contributed by atoms with Gasteiger partial charge in [0.05, 0.1) is 26.5 Å². The van der Waals surface area contributed by atoms with Crippen molar-refractivity contribution in [3.63, 3.8) is 0 Å². The second-order valence-electron chi connectivity index (χ2n) is 3.88. The highest BCUT2D eigenvalue weighted by Gasteiger charge is 2.18. The number of methoxy groups -OCH3 is 2. The highest BCUT2D eigenvalue weighted by molar-refractivity contribution is 5.98. The maximum absolute atomic E-state index is 12.1. The molecule has 0 atom stereocenters. The summed E-state index contributed by atoms with van der Waals surface area (Å²) in [4.78, 5) is 12.1. The van der Waals surface area contributed by atoms with Crippen LogP contribution < -0.4 is 10.1 Å². The van der Waals surface area contributed by atoms with E-state index in [1.165, 1.54) is 0 Å². The molecule has 0 saturated heterocycles. The van der Waals surface area contributed by atoms with Crippen molar-refractivity contribution in [2.45, 2.75) is 19.9 Å². The van der Waals surface area contributed by atoms with E-state index in [1.54, 1.807) is 25.1 Å². The smallest absolute Gasteiger partial charge is 0.198 e. The third-order valence-electron chi connectivity index (χ3n) is 2.49. The summed E-state index contributed by atoms with van der Waals surface area (Å²) in [7, 11) is 3.17. The van der Waals surface area contributed by atoms with Gasteiger partial charge in [0.1, 0.15) is 5.69 Å². The van der Waals surface area contributed by atoms with Gasteiger partial charge < -0.3 is 14.8 Å². The molecule has 1 N–H and O–H groups in total. The molecule has 0 unspecified atom stereocenters. The first-order valence-corrected chi connectivity index (χ1v) is 6.07. The summed E-state index contributed by atoms with van der Waals surface area (Å²) in [5.41, 5.74) is 0.532. The number of aryl methyl sites for hydroxylation is 1. The Morgan fingerprint density at radius 2 is 2.28 bits per heavy atom. The lowest BCUT2D eigenvalue weighted by molar-refractivity contribution is 0.0974. The molecule has 0 aliphatic heterocycles. The number of Topliss-reactive ketones (excluding diaryl/α,β-unsaturated/α-hetero) is 1. The van der Waals surface area contributed by atoms with Crippen LogP contribution in [0.1, 0.15) is 23.8 Å². The number of rotatable bonds is 9. The third kappa shape index (κ3) is 3.82. The van der Waals surface area contributed by atoms with Gasteiger partial charge >= 0.3 is 0 Å². The summed E-state index contributed by atoms with van der Waals surface area (Å²) in [6.07, 6.45) is 2.50. The first kappa shape index (κ1) is 14.7. The van der Waals surface area contributed by atoms with Gasteiger partial charge in [-0.05, 0) is 6.42 Å². The molecule has 0 spiro atoms. The van der Waals surface area contributed by atoms with Gasteiger partial charge in [0.15, 0.2) is 11.5 Å². The van der Waals surface area contributed by atoms with Crippen LogP contribution in [0.15, 0.2) is 6.20 Å². The average molecular weight is 255 g/mol. The van der Waals surface area contributed by atoms with E-state index in [1.807, 2.05) is 6.92 Å². The average Bonchev–Trinajstić information content (AvgIpc) is 2.78. The summed E-state index contributed by atoms with van der Waals surface area (Å²) in [5.74, 6) is 0.510. The van der Waals surface area contributed by atoms with Crippen molar-refractivity contribution in [1.82, 2.24) is 15.1 Å². The van der Waals surface area contributed by atoms with Gasteiger partial charge in [0.2, 0.25) is 0 Å². The lowest BCUT2D eigenvalue weighted by Crippen LogP contribution is -2.28. The number of hydrogen-bond acceptors (Lipinski definition) is 5. The molecule has 0 aromatic carbocycles. The molecular weight excluding hydrogens is 234 g/mol. The minimum atomic E-state index is -0.0195. The van der Waals surface area contributed by atoms with E-state index in [9.17, 15) is 4.79 Å². The first-order valence-electron chi connectivity index (χ1n) is 6.07. The van der Waals surface area contributed by atoms with Gasteiger partial charge in [-0.15, -0.1) is 0 Å². The lowest BCUT2D eigenvalue weighted by Gasteiger charge is -2.08. The van der Waals surface area contributed by atoms with Crippen molar-refractivity contribution in [3.05, 3.63) is 11.9 Å². The van der Waals surface area contributed by atoms with E-state index in [4.69, 9.17) is 9.47 Å². The van der Waals surface area contributed by atoms with Gasteiger partial charge in [-0.3, -0.25) is 9.48 Å². The Morgan fingerprint density at radius 1 is 1.50 bits per heavy atom. The minimum Gasteiger partial charge on any atom is -0.493 e. The maximum Gasteiger partial charge on any atom is 0.198 e. The van der Waals surface area contributed by atoms with Crippen LogP contribution in [0, 0.1) is 0 Å². The first-order chi connectivity index (χ1) is 8.74. The highest BCUT2D eigenvalue weighted by atomic mass is 16.5. The summed E-state index contributed by atoms with van der Waals surface area (Å²) < 4.78 is 11.8. The number of carbonyl (C=O) groups excluding carboxylic acids is 1. The molecule has 6 nitrogen and oxygen atoms in total. The molecule has 6 heteroatoms. The predicted octanol–water partition coefficient (Wildman–Crippen LogP) is 0.720. The Kier molecular flexibility index (Phi) is 6.38. The summed E-state index contributed by atoms with van der Waals surface area (Å²) in [5, 5.41) is 7.18. The SMILES string of the molecule is CCCn1ncc(OC)c1C(=O)CNCCOC. The van der Waals surface area contributed by atoms with Crippen LogP contribution in [0.5, 0.6) is 5.75 Å². The second-order valence-corrected chi connectivity index (χ2v) is 3.88. The standard InChI is InChI=1S/C12H21N3O3/c1-4-6-15-12(11(18-3)9-14-15)10(16)8-13-5-7-17-2/h9,13H,4-8H2,1-3H3. The number of nitrogens with one attached hydrogen (secondary N) is 1. The summed E-state index contributed by atoms with van der Waals surface area (Å²) in [6.45, 7) is 4.24. The fraction of sp³-hybridized carbons (Fsp3) is 0.667. The number of nitrogens with zero attached hydrogens (tertiary/aromatic N) is 2. The van der Waals surface area contributed by atoms with Crippen LogP contribution in [0.25, 0.3) is 0 Å². The van der Waals surface area contributed by atoms with Crippen molar-refractivity contribution >= 4 is 5.78 Å². The molecule has 1 aromatic rings. The number of carbonyl (C=O) groups is 1. The van der Waals surface area contributed by atoms with E-state index in [2.05, 4.69) is 10.4 Å². The van der Waals surface area contributed by atoms with Crippen LogP contribution >= 0.6 is 0 Å². The van der Waals surface area contributed by atoms with Crippen LogP contribution in [0.4, 0.5) is 0 Å². The van der Waals surface area contributed by atoms with E-state index >= 15 is 0 Å². The van der Waals surface area contributed by atoms with E-state index < -0.39 is 0 Å². The van der Waals surface area contributed by atoms with Crippen LogP contribution in [0.3, 0.4) is 0 Å². The molecule has 18 heavy (non-hydrogen) atoms. The van der Waals surface area contributed by atoms with Crippen molar-refractivity contribution in [2.24, 2.45) is 0 Å². The van der Waals surface area contributed by atoms with Crippen molar-refractivity contribution in [1.29, 1.82) is 0 Å². The normalized spacial score (nSPS) is 10.6. The van der Waals surface area contributed by atoms with E-state index in [-0.39, 0.29) is 12.3 Å². The second kappa shape index (κ2) is 7.84. The Labute approximate surface area is 107 Å². The molecule has 1 heterocycles.